The van der Waals surface area contributed by atoms with Gasteiger partial charge in [0.2, 0.25) is 0 Å². The van der Waals surface area contributed by atoms with Gasteiger partial charge in [-0.15, -0.1) is 0 Å². The normalized spacial score (nSPS) is 19.2. The lowest BCUT2D eigenvalue weighted by Crippen LogP contribution is -2.28. The molecule has 3 rings (SSSR count). The second-order valence-electron chi connectivity index (χ2n) is 6.40. The lowest BCUT2D eigenvalue weighted by Gasteiger charge is -2.25. The van der Waals surface area contributed by atoms with Crippen molar-refractivity contribution < 1.29 is 9.84 Å². The van der Waals surface area contributed by atoms with Crippen LogP contribution in [0.3, 0.4) is 0 Å². The zero-order valence-corrected chi connectivity index (χ0v) is 14.4. The summed E-state index contributed by atoms with van der Waals surface area (Å²) in [6, 6.07) is 17.4. The van der Waals surface area contributed by atoms with Gasteiger partial charge in [-0.25, -0.2) is 0 Å². The summed E-state index contributed by atoms with van der Waals surface area (Å²) in [4.78, 5) is 2.52. The number of aliphatic hydroxyl groups excluding tert-OH is 1. The molecule has 2 unspecified atom stereocenters. The maximum absolute atomic E-state index is 9.46. The van der Waals surface area contributed by atoms with Gasteiger partial charge in [0.05, 0.1) is 13.7 Å². The smallest absolute Gasteiger partial charge is 0.124 e. The van der Waals surface area contributed by atoms with Gasteiger partial charge in [0.15, 0.2) is 0 Å². The van der Waals surface area contributed by atoms with Crippen LogP contribution in [0.4, 0.5) is 5.69 Å². The zero-order valence-electron chi connectivity index (χ0n) is 14.4. The van der Waals surface area contributed by atoms with Gasteiger partial charge in [-0.1, -0.05) is 30.3 Å². The average Bonchev–Trinajstić information content (AvgIpc) is 3.10. The number of anilines is 1. The standard InChI is InChI=1S/C20H26N2O2/c1-15(16-6-4-3-5-7-16)22-11-10-19(13-22)21-18-8-9-20(24-2)17(12-18)14-23/h3-9,12,15,19,21,23H,10-11,13-14H2,1-2H3. The number of nitrogens with zero attached hydrogens (tertiary/aromatic N) is 1. The third-order valence-electron chi connectivity index (χ3n) is 4.87. The first-order chi connectivity index (χ1) is 11.7. The molecule has 1 heterocycles. The quantitative estimate of drug-likeness (QED) is 0.853. The van der Waals surface area contributed by atoms with Crippen LogP contribution < -0.4 is 10.1 Å². The molecule has 2 aromatic carbocycles. The van der Waals surface area contributed by atoms with Crippen molar-refractivity contribution in [3.63, 3.8) is 0 Å². The first kappa shape index (κ1) is 16.8. The predicted octanol–water partition coefficient (Wildman–Crippen LogP) is 3.43. The summed E-state index contributed by atoms with van der Waals surface area (Å²) in [5.41, 5.74) is 3.22. The Bertz CT molecular complexity index is 660. The zero-order chi connectivity index (χ0) is 16.9. The molecule has 128 valence electrons. The molecule has 24 heavy (non-hydrogen) atoms. The molecule has 2 N–H and O–H groups in total. The Kier molecular flexibility index (Phi) is 5.38. The summed E-state index contributed by atoms with van der Waals surface area (Å²) in [7, 11) is 1.63. The van der Waals surface area contributed by atoms with Gasteiger partial charge in [-0.2, -0.15) is 0 Å². The average molecular weight is 326 g/mol. The van der Waals surface area contributed by atoms with Crippen LogP contribution in [0.15, 0.2) is 48.5 Å². The molecule has 4 heteroatoms. The van der Waals surface area contributed by atoms with Crippen molar-refractivity contribution in [3.05, 3.63) is 59.7 Å². The van der Waals surface area contributed by atoms with E-state index in [0.29, 0.717) is 12.1 Å². The highest BCUT2D eigenvalue weighted by Gasteiger charge is 2.26. The second kappa shape index (κ2) is 7.69. The van der Waals surface area contributed by atoms with E-state index >= 15 is 0 Å². The Morgan fingerprint density at radius 3 is 2.75 bits per heavy atom. The number of likely N-dealkylation sites (tertiary alicyclic amines) is 1. The molecular formula is C20H26N2O2. The number of hydrogen-bond donors (Lipinski definition) is 2. The molecule has 2 aromatic rings. The molecule has 0 spiro atoms. The molecule has 1 fully saturated rings. The SMILES string of the molecule is COc1ccc(NC2CCN(C(C)c3ccccc3)C2)cc1CO. The van der Waals surface area contributed by atoms with Crippen LogP contribution in [-0.4, -0.2) is 36.2 Å². The van der Waals surface area contributed by atoms with Crippen LogP contribution in [-0.2, 0) is 6.61 Å². The van der Waals surface area contributed by atoms with Crippen molar-refractivity contribution in [1.29, 1.82) is 0 Å². The van der Waals surface area contributed by atoms with Crippen LogP contribution in [0.1, 0.15) is 30.5 Å². The van der Waals surface area contributed by atoms with E-state index < -0.39 is 0 Å². The molecule has 1 saturated heterocycles. The van der Waals surface area contributed by atoms with E-state index in [1.165, 1.54) is 5.56 Å². The molecule has 1 aliphatic heterocycles. The highest BCUT2D eigenvalue weighted by molar-refractivity contribution is 5.51. The van der Waals surface area contributed by atoms with Crippen LogP contribution in [0.2, 0.25) is 0 Å². The predicted molar refractivity (Wildman–Crippen MR) is 97.4 cm³/mol. The molecular weight excluding hydrogens is 300 g/mol. The Balaban J connectivity index is 1.62. The first-order valence-electron chi connectivity index (χ1n) is 8.54. The maximum Gasteiger partial charge on any atom is 0.124 e. The molecule has 0 bridgehead atoms. The van der Waals surface area contributed by atoms with Crippen LogP contribution in [0.25, 0.3) is 0 Å². The van der Waals surface area contributed by atoms with Crippen LogP contribution >= 0.6 is 0 Å². The minimum absolute atomic E-state index is 0.0134. The number of hydrogen-bond acceptors (Lipinski definition) is 4. The Morgan fingerprint density at radius 1 is 1.25 bits per heavy atom. The fourth-order valence-corrected chi connectivity index (χ4v) is 3.43. The summed E-state index contributed by atoms with van der Waals surface area (Å²) in [5.74, 6) is 0.730. The Labute approximate surface area is 144 Å². The van der Waals surface area contributed by atoms with Crippen molar-refractivity contribution in [1.82, 2.24) is 4.90 Å². The minimum Gasteiger partial charge on any atom is -0.496 e. The van der Waals surface area contributed by atoms with Gasteiger partial charge in [0.25, 0.3) is 0 Å². The minimum atomic E-state index is -0.0134. The van der Waals surface area contributed by atoms with Crippen molar-refractivity contribution in [2.24, 2.45) is 0 Å². The summed E-state index contributed by atoms with van der Waals surface area (Å²) >= 11 is 0. The van der Waals surface area contributed by atoms with Gasteiger partial charge < -0.3 is 15.2 Å². The molecule has 0 amide bonds. The van der Waals surface area contributed by atoms with E-state index in [2.05, 4.69) is 47.5 Å². The Hall–Kier alpha value is -2.04. The fourth-order valence-electron chi connectivity index (χ4n) is 3.43. The van der Waals surface area contributed by atoms with Crippen LogP contribution in [0.5, 0.6) is 5.75 Å². The van der Waals surface area contributed by atoms with Gasteiger partial charge >= 0.3 is 0 Å². The number of nitrogens with one attached hydrogen (secondary N) is 1. The molecule has 2 atom stereocenters. The van der Waals surface area contributed by atoms with Gasteiger partial charge in [0, 0.05) is 36.4 Å². The van der Waals surface area contributed by atoms with E-state index in [-0.39, 0.29) is 6.61 Å². The van der Waals surface area contributed by atoms with Crippen molar-refractivity contribution in [2.75, 3.05) is 25.5 Å². The van der Waals surface area contributed by atoms with Crippen molar-refractivity contribution in [3.8, 4) is 5.75 Å². The van der Waals surface area contributed by atoms with E-state index in [4.69, 9.17) is 4.74 Å². The maximum atomic E-state index is 9.46. The van der Waals surface area contributed by atoms with E-state index in [9.17, 15) is 5.11 Å². The molecule has 0 aliphatic carbocycles. The second-order valence-corrected chi connectivity index (χ2v) is 6.40. The van der Waals surface area contributed by atoms with E-state index in [1.54, 1.807) is 7.11 Å². The third kappa shape index (κ3) is 3.71. The molecule has 0 radical (unpaired) electrons. The first-order valence-corrected chi connectivity index (χ1v) is 8.54. The van der Waals surface area contributed by atoms with Crippen molar-refractivity contribution in [2.45, 2.75) is 32.0 Å². The van der Waals surface area contributed by atoms with E-state index in [1.807, 2.05) is 18.2 Å². The summed E-state index contributed by atoms with van der Waals surface area (Å²) in [6.07, 6.45) is 1.12. The van der Waals surface area contributed by atoms with E-state index in [0.717, 1.165) is 36.5 Å². The van der Waals surface area contributed by atoms with Crippen LogP contribution in [0, 0.1) is 0 Å². The molecule has 1 aliphatic rings. The van der Waals surface area contributed by atoms with Crippen molar-refractivity contribution >= 4 is 5.69 Å². The molecule has 4 nitrogen and oxygen atoms in total. The van der Waals surface area contributed by atoms with Gasteiger partial charge in [-0.05, 0) is 37.1 Å². The number of ether oxygens (including phenoxy) is 1. The lowest BCUT2D eigenvalue weighted by molar-refractivity contribution is 0.261. The van der Waals surface area contributed by atoms with Gasteiger partial charge in [-0.3, -0.25) is 4.90 Å². The number of aliphatic hydroxyl groups is 1. The summed E-state index contributed by atoms with van der Waals surface area (Å²) in [5, 5.41) is 13.1. The molecule has 0 saturated carbocycles. The summed E-state index contributed by atoms with van der Waals surface area (Å²) < 4.78 is 5.26. The largest absolute Gasteiger partial charge is 0.496 e. The highest BCUT2D eigenvalue weighted by atomic mass is 16.5. The fraction of sp³-hybridized carbons (Fsp3) is 0.400. The topological polar surface area (TPSA) is 44.7 Å². The number of methoxy groups -OCH3 is 1. The number of rotatable bonds is 6. The third-order valence-corrected chi connectivity index (χ3v) is 4.87. The monoisotopic (exact) mass is 326 g/mol. The van der Waals surface area contributed by atoms with Gasteiger partial charge in [0.1, 0.15) is 5.75 Å². The number of benzene rings is 2. The highest BCUT2D eigenvalue weighted by Crippen LogP contribution is 2.27. The Morgan fingerprint density at radius 2 is 2.04 bits per heavy atom. The summed E-state index contributed by atoms with van der Waals surface area (Å²) in [6.45, 7) is 4.38. The lowest BCUT2D eigenvalue weighted by atomic mass is 10.1. The molecule has 0 aromatic heterocycles.